The van der Waals surface area contributed by atoms with E-state index in [0.717, 1.165) is 0 Å². The second-order valence-electron chi connectivity index (χ2n) is 6.50. The van der Waals surface area contributed by atoms with Gasteiger partial charge in [0.05, 0.1) is 37.6 Å². The quantitative estimate of drug-likeness (QED) is 0.724. The molecule has 0 heterocycles. The van der Waals surface area contributed by atoms with Crippen molar-refractivity contribution in [1.82, 2.24) is 0 Å². The molecule has 0 fully saturated rings. The average Bonchev–Trinajstić information content (AvgIpc) is 2.72. The van der Waals surface area contributed by atoms with Gasteiger partial charge in [0.15, 0.2) is 0 Å². The van der Waals surface area contributed by atoms with Gasteiger partial charge in [-0.1, -0.05) is 50.2 Å². The molecule has 0 spiro atoms. The molecule has 0 bridgehead atoms. The lowest BCUT2D eigenvalue weighted by atomic mass is 9.96. The van der Waals surface area contributed by atoms with Gasteiger partial charge in [-0.3, -0.25) is 0 Å². The van der Waals surface area contributed by atoms with E-state index in [0.29, 0.717) is 11.1 Å². The number of aliphatic hydroxyl groups excluding tert-OH is 2. The summed E-state index contributed by atoms with van der Waals surface area (Å²) in [5.41, 5.74) is 0.545. The zero-order valence-electron chi connectivity index (χ0n) is 15.6. The van der Waals surface area contributed by atoms with Gasteiger partial charge in [-0.2, -0.15) is 0 Å². The first-order valence-corrected chi connectivity index (χ1v) is 8.55. The lowest BCUT2D eigenvalue weighted by Gasteiger charge is -2.23. The van der Waals surface area contributed by atoms with Gasteiger partial charge in [-0.15, -0.1) is 0 Å². The lowest BCUT2D eigenvalue weighted by molar-refractivity contribution is 0.00616. The Balaban J connectivity index is 0.000000828. The van der Waals surface area contributed by atoms with Crippen LogP contribution in [0.2, 0.25) is 0 Å². The number of hydrogen-bond donors (Lipinski definition) is 2. The van der Waals surface area contributed by atoms with Crippen molar-refractivity contribution in [2.45, 2.75) is 13.8 Å². The van der Waals surface area contributed by atoms with Crippen LogP contribution < -0.4 is 0 Å². The summed E-state index contributed by atoms with van der Waals surface area (Å²) >= 11 is 0. The van der Waals surface area contributed by atoms with Crippen molar-refractivity contribution < 1.29 is 29.3 Å². The molecule has 0 aliphatic rings. The molecule has 0 atom stereocenters. The lowest BCUT2D eigenvalue weighted by Crippen LogP contribution is -2.28. The van der Waals surface area contributed by atoms with Crippen molar-refractivity contribution in [2.75, 3.05) is 26.4 Å². The maximum atomic E-state index is 11.9. The van der Waals surface area contributed by atoms with Gasteiger partial charge >= 0.3 is 11.9 Å². The number of hydrogen-bond acceptors (Lipinski definition) is 6. The highest BCUT2D eigenvalue weighted by Gasteiger charge is 2.23. The molecule has 146 valence electrons. The van der Waals surface area contributed by atoms with Crippen LogP contribution in [0.25, 0.3) is 0 Å². The number of carbonyl (C=O) groups excluding carboxylic acids is 2. The fraction of sp³-hybridized carbons (Fsp3) is 0.333. The fourth-order valence-corrected chi connectivity index (χ4v) is 1.88. The molecular weight excluding hydrogens is 348 g/mol. The van der Waals surface area contributed by atoms with Gasteiger partial charge in [0.1, 0.15) is 0 Å². The average molecular weight is 374 g/mol. The predicted molar refractivity (Wildman–Crippen MR) is 101 cm³/mol. The molecule has 2 aromatic rings. The first-order valence-electron chi connectivity index (χ1n) is 8.55. The van der Waals surface area contributed by atoms with Crippen molar-refractivity contribution in [2.24, 2.45) is 5.41 Å². The summed E-state index contributed by atoms with van der Waals surface area (Å²) in [6.07, 6.45) is 0. The van der Waals surface area contributed by atoms with Gasteiger partial charge in [0, 0.05) is 5.41 Å². The summed E-state index contributed by atoms with van der Waals surface area (Å²) < 4.78 is 10.6. The van der Waals surface area contributed by atoms with Crippen molar-refractivity contribution in [3.8, 4) is 0 Å². The van der Waals surface area contributed by atoms with Gasteiger partial charge in [0.25, 0.3) is 0 Å². The zero-order chi connectivity index (χ0) is 20.1. The highest BCUT2D eigenvalue weighted by Crippen LogP contribution is 2.18. The second-order valence-corrected chi connectivity index (χ2v) is 6.50. The monoisotopic (exact) mass is 374 g/mol. The van der Waals surface area contributed by atoms with Crippen LogP contribution in [0.3, 0.4) is 0 Å². The molecule has 2 aromatic carbocycles. The maximum Gasteiger partial charge on any atom is 0.338 e. The normalized spacial score (nSPS) is 10.4. The topological polar surface area (TPSA) is 93.1 Å². The number of carbonyl (C=O) groups is 2. The molecule has 0 saturated heterocycles. The summed E-state index contributed by atoms with van der Waals surface area (Å²) in [6, 6.07) is 17.6. The van der Waals surface area contributed by atoms with Gasteiger partial charge in [-0.25, -0.2) is 9.59 Å². The van der Waals surface area contributed by atoms with E-state index in [1.165, 1.54) is 0 Å². The molecule has 0 saturated carbocycles. The molecule has 2 N–H and O–H groups in total. The van der Waals surface area contributed by atoms with Crippen LogP contribution in [0.1, 0.15) is 34.6 Å². The largest absolute Gasteiger partial charge is 0.461 e. The van der Waals surface area contributed by atoms with E-state index in [1.807, 2.05) is 26.0 Å². The number of aliphatic hydroxyl groups is 2. The van der Waals surface area contributed by atoms with Crippen molar-refractivity contribution in [1.29, 1.82) is 0 Å². The van der Waals surface area contributed by atoms with E-state index >= 15 is 0 Å². The Hall–Kier alpha value is -2.70. The van der Waals surface area contributed by atoms with Crippen LogP contribution in [0.15, 0.2) is 60.7 Å². The standard InChI is InChI=1S/C19H20O4.C2H6O2/c1-19(2,13-22-17(20)15-9-5-3-6-10-15)14-23-18(21)16-11-7-4-8-12-16;3-1-2-4/h3-12H,13-14H2,1-2H3;3-4H,1-2H2. The molecule has 2 rings (SSSR count). The van der Waals surface area contributed by atoms with Crippen LogP contribution >= 0.6 is 0 Å². The number of benzene rings is 2. The van der Waals surface area contributed by atoms with Crippen LogP contribution in [-0.2, 0) is 9.47 Å². The third kappa shape index (κ3) is 8.99. The summed E-state index contributed by atoms with van der Waals surface area (Å²) in [7, 11) is 0. The Bertz CT molecular complexity index is 623. The number of rotatable bonds is 7. The molecule has 0 aliphatic carbocycles. The number of ether oxygens (including phenoxy) is 2. The molecule has 27 heavy (non-hydrogen) atoms. The molecule has 0 aromatic heterocycles. The molecule has 6 heteroatoms. The van der Waals surface area contributed by atoms with E-state index in [2.05, 4.69) is 0 Å². The molecule has 0 amide bonds. The van der Waals surface area contributed by atoms with E-state index in [-0.39, 0.29) is 38.4 Å². The Labute approximate surface area is 159 Å². The van der Waals surface area contributed by atoms with Crippen LogP contribution in [0.5, 0.6) is 0 Å². The molecule has 0 unspecified atom stereocenters. The van der Waals surface area contributed by atoms with E-state index in [1.54, 1.807) is 48.5 Å². The molecule has 0 aliphatic heterocycles. The van der Waals surface area contributed by atoms with Crippen LogP contribution in [0, 0.1) is 5.41 Å². The molecular formula is C21H26O6. The Morgan fingerprint density at radius 1 is 0.741 bits per heavy atom. The van der Waals surface area contributed by atoms with Gasteiger partial charge < -0.3 is 19.7 Å². The second kappa shape index (κ2) is 11.8. The van der Waals surface area contributed by atoms with Crippen molar-refractivity contribution >= 4 is 11.9 Å². The van der Waals surface area contributed by atoms with Crippen molar-refractivity contribution in [3.05, 3.63) is 71.8 Å². The number of esters is 2. The minimum absolute atomic E-state index is 0.125. The van der Waals surface area contributed by atoms with Crippen LogP contribution in [-0.4, -0.2) is 48.6 Å². The molecule has 6 nitrogen and oxygen atoms in total. The Morgan fingerprint density at radius 3 is 1.37 bits per heavy atom. The first-order chi connectivity index (χ1) is 12.9. The van der Waals surface area contributed by atoms with Crippen LogP contribution in [0.4, 0.5) is 0 Å². The molecule has 0 radical (unpaired) electrons. The van der Waals surface area contributed by atoms with E-state index in [9.17, 15) is 9.59 Å². The highest BCUT2D eigenvalue weighted by molar-refractivity contribution is 5.89. The fourth-order valence-electron chi connectivity index (χ4n) is 1.88. The Kier molecular flexibility index (Phi) is 9.79. The third-order valence-corrected chi connectivity index (χ3v) is 3.31. The summed E-state index contributed by atoms with van der Waals surface area (Å²) in [6.45, 7) is 3.85. The maximum absolute atomic E-state index is 11.9. The zero-order valence-corrected chi connectivity index (χ0v) is 15.6. The van der Waals surface area contributed by atoms with E-state index < -0.39 is 5.41 Å². The Morgan fingerprint density at radius 2 is 1.07 bits per heavy atom. The van der Waals surface area contributed by atoms with Gasteiger partial charge in [-0.05, 0) is 24.3 Å². The van der Waals surface area contributed by atoms with Gasteiger partial charge in [0.2, 0.25) is 0 Å². The first kappa shape index (κ1) is 22.3. The third-order valence-electron chi connectivity index (χ3n) is 3.31. The van der Waals surface area contributed by atoms with E-state index in [4.69, 9.17) is 19.7 Å². The summed E-state index contributed by atoms with van der Waals surface area (Å²) in [5, 5.41) is 15.2. The minimum Gasteiger partial charge on any atom is -0.461 e. The predicted octanol–water partition coefficient (Wildman–Crippen LogP) is 2.70. The summed E-state index contributed by atoms with van der Waals surface area (Å²) in [4.78, 5) is 23.8. The SMILES string of the molecule is CC(C)(COC(=O)c1ccccc1)COC(=O)c1ccccc1.OCCO. The summed E-state index contributed by atoms with van der Waals surface area (Å²) in [5.74, 6) is -0.763. The van der Waals surface area contributed by atoms with Crippen molar-refractivity contribution in [3.63, 3.8) is 0 Å². The minimum atomic E-state index is -0.463. The smallest absolute Gasteiger partial charge is 0.338 e. The highest BCUT2D eigenvalue weighted by atomic mass is 16.5.